The molecule has 0 spiro atoms. The fourth-order valence-electron chi connectivity index (χ4n) is 2.41. The van der Waals surface area contributed by atoms with Gasteiger partial charge in [-0.25, -0.2) is 4.39 Å². The zero-order valence-corrected chi connectivity index (χ0v) is 11.5. The van der Waals surface area contributed by atoms with Crippen LogP contribution in [0.1, 0.15) is 12.0 Å². The smallest absolute Gasteiger partial charge is 0.141 e. The molecule has 0 fully saturated rings. The second-order valence-electron chi connectivity index (χ2n) is 4.88. The van der Waals surface area contributed by atoms with E-state index < -0.39 is 5.82 Å². The van der Waals surface area contributed by atoms with Crippen molar-refractivity contribution in [3.8, 4) is 0 Å². The van der Waals surface area contributed by atoms with Crippen molar-refractivity contribution in [3.05, 3.63) is 70.1 Å². The minimum absolute atomic E-state index is 0.136. The van der Waals surface area contributed by atoms with Gasteiger partial charge in [-0.3, -0.25) is 0 Å². The zero-order chi connectivity index (χ0) is 14.1. The number of rotatable bonds is 2. The van der Waals surface area contributed by atoms with Crippen LogP contribution in [0.15, 0.2) is 53.7 Å². The Bertz CT molecular complexity index is 637. The molecule has 2 heterocycles. The lowest BCUT2D eigenvalue weighted by atomic mass is 9.98. The fraction of sp³-hybridized carbons (Fsp3) is 0.200. The zero-order valence-electron chi connectivity index (χ0n) is 10.7. The van der Waals surface area contributed by atoms with E-state index in [9.17, 15) is 9.50 Å². The number of allylic oxidation sites excluding steroid dienone is 1. The molecule has 0 aromatic heterocycles. The Morgan fingerprint density at radius 2 is 2.20 bits per heavy atom. The molecule has 20 heavy (non-hydrogen) atoms. The van der Waals surface area contributed by atoms with Crippen molar-refractivity contribution in [2.75, 3.05) is 6.54 Å². The average Bonchev–Trinajstić information content (AvgIpc) is 2.44. The summed E-state index contributed by atoms with van der Waals surface area (Å²) in [4.78, 5) is 2.09. The molecule has 2 aliphatic rings. The summed E-state index contributed by atoms with van der Waals surface area (Å²) < 4.78 is 13.1. The van der Waals surface area contributed by atoms with Crippen molar-refractivity contribution in [1.82, 2.24) is 10.2 Å². The van der Waals surface area contributed by atoms with Crippen LogP contribution in [-0.4, -0.2) is 16.6 Å². The van der Waals surface area contributed by atoms with Crippen LogP contribution in [0.25, 0.3) is 0 Å². The van der Waals surface area contributed by atoms with Gasteiger partial charge in [-0.2, -0.15) is 0 Å². The van der Waals surface area contributed by atoms with Crippen LogP contribution in [0.3, 0.4) is 0 Å². The van der Waals surface area contributed by atoms with Crippen LogP contribution in [0.5, 0.6) is 0 Å². The van der Waals surface area contributed by atoms with Gasteiger partial charge in [0.2, 0.25) is 0 Å². The molecule has 2 N–H and O–H groups in total. The maximum Gasteiger partial charge on any atom is 0.141 e. The maximum absolute atomic E-state index is 13.1. The number of nitrogens with zero attached hydrogens (tertiary/aromatic N) is 1. The maximum atomic E-state index is 13.1. The standard InChI is InChI=1S/C15H14ClFN2O/c16-13-5-10(1-2-14(13)17)8-19-4-3-11-6-18-7-15(20)12(11)9-19/h1-2,5-7,9,18,20H,3-4,8H2. The molecule has 3 nitrogen and oxygen atoms in total. The van der Waals surface area contributed by atoms with Crippen LogP contribution >= 0.6 is 11.6 Å². The number of benzene rings is 1. The van der Waals surface area contributed by atoms with E-state index in [2.05, 4.69) is 10.2 Å². The number of hydrogen-bond donors (Lipinski definition) is 2. The van der Waals surface area contributed by atoms with Crippen LogP contribution in [-0.2, 0) is 6.54 Å². The van der Waals surface area contributed by atoms with Crippen LogP contribution < -0.4 is 5.32 Å². The third-order valence-electron chi connectivity index (χ3n) is 3.45. The summed E-state index contributed by atoms with van der Waals surface area (Å²) in [7, 11) is 0. The van der Waals surface area contributed by atoms with Gasteiger partial charge in [0.25, 0.3) is 0 Å². The highest BCUT2D eigenvalue weighted by atomic mass is 35.5. The molecule has 1 aromatic rings. The Balaban J connectivity index is 1.80. The Hall–Kier alpha value is -1.94. The number of dihydropyridines is 1. The summed E-state index contributed by atoms with van der Waals surface area (Å²) in [5.74, 6) is -0.166. The van der Waals surface area contributed by atoms with E-state index in [0.717, 1.165) is 29.7 Å². The van der Waals surface area contributed by atoms with Gasteiger partial charge in [0, 0.05) is 37.3 Å². The number of halogens is 2. The van der Waals surface area contributed by atoms with E-state index >= 15 is 0 Å². The van der Waals surface area contributed by atoms with Gasteiger partial charge < -0.3 is 15.3 Å². The van der Waals surface area contributed by atoms with Gasteiger partial charge >= 0.3 is 0 Å². The van der Waals surface area contributed by atoms with E-state index in [0.29, 0.717) is 6.54 Å². The van der Waals surface area contributed by atoms with Gasteiger partial charge in [0.15, 0.2) is 0 Å². The van der Waals surface area contributed by atoms with Crippen molar-refractivity contribution in [1.29, 1.82) is 0 Å². The third-order valence-corrected chi connectivity index (χ3v) is 3.74. The summed E-state index contributed by atoms with van der Waals surface area (Å²) in [6.45, 7) is 1.48. The van der Waals surface area contributed by atoms with Gasteiger partial charge in [-0.15, -0.1) is 0 Å². The van der Waals surface area contributed by atoms with Crippen molar-refractivity contribution in [2.24, 2.45) is 0 Å². The van der Waals surface area contributed by atoms with Crippen molar-refractivity contribution < 1.29 is 9.50 Å². The molecule has 0 bridgehead atoms. The molecule has 3 rings (SSSR count). The lowest BCUT2D eigenvalue weighted by molar-refractivity contribution is 0.346. The first-order valence-electron chi connectivity index (χ1n) is 6.38. The quantitative estimate of drug-likeness (QED) is 0.876. The largest absolute Gasteiger partial charge is 0.506 e. The number of hydrogen-bond acceptors (Lipinski definition) is 3. The number of aliphatic hydroxyl groups excluding tert-OH is 1. The van der Waals surface area contributed by atoms with E-state index in [1.807, 2.05) is 12.4 Å². The number of aliphatic hydroxyl groups is 1. The molecule has 2 aliphatic heterocycles. The molecule has 0 atom stereocenters. The van der Waals surface area contributed by atoms with Gasteiger partial charge in [0.05, 0.1) is 5.02 Å². The summed E-state index contributed by atoms with van der Waals surface area (Å²) in [6.07, 6.45) is 6.25. The van der Waals surface area contributed by atoms with Crippen LogP contribution in [0.2, 0.25) is 5.02 Å². The Morgan fingerprint density at radius 1 is 1.35 bits per heavy atom. The summed E-state index contributed by atoms with van der Waals surface area (Å²) in [5, 5.41) is 12.9. The highest BCUT2D eigenvalue weighted by molar-refractivity contribution is 6.30. The molecule has 0 amide bonds. The molecule has 104 valence electrons. The third kappa shape index (κ3) is 2.51. The molecular formula is C15H14ClFN2O. The summed E-state index contributed by atoms with van der Waals surface area (Å²) in [5.41, 5.74) is 2.87. The van der Waals surface area contributed by atoms with Crippen molar-refractivity contribution >= 4 is 11.6 Å². The van der Waals surface area contributed by atoms with Crippen LogP contribution in [0.4, 0.5) is 4.39 Å². The summed E-state index contributed by atoms with van der Waals surface area (Å²) in [6, 6.07) is 4.74. The molecule has 0 saturated heterocycles. The van der Waals surface area contributed by atoms with E-state index in [-0.39, 0.29) is 10.8 Å². The first kappa shape index (κ1) is 13.1. The fourth-order valence-corrected chi connectivity index (χ4v) is 2.61. The Kier molecular flexibility index (Phi) is 3.40. The highest BCUT2D eigenvalue weighted by Crippen LogP contribution is 2.28. The molecule has 0 unspecified atom stereocenters. The minimum Gasteiger partial charge on any atom is -0.506 e. The van der Waals surface area contributed by atoms with Crippen LogP contribution in [0, 0.1) is 5.82 Å². The second-order valence-corrected chi connectivity index (χ2v) is 5.28. The molecule has 5 heteroatoms. The van der Waals surface area contributed by atoms with Gasteiger partial charge in [0.1, 0.15) is 11.6 Å². The topological polar surface area (TPSA) is 35.5 Å². The first-order valence-corrected chi connectivity index (χ1v) is 6.76. The van der Waals surface area contributed by atoms with Crippen molar-refractivity contribution in [3.63, 3.8) is 0 Å². The second kappa shape index (κ2) is 5.21. The number of fused-ring (bicyclic) bond motifs is 1. The lowest BCUT2D eigenvalue weighted by Gasteiger charge is -2.29. The van der Waals surface area contributed by atoms with E-state index in [4.69, 9.17) is 11.6 Å². The molecule has 0 saturated carbocycles. The average molecular weight is 293 g/mol. The highest BCUT2D eigenvalue weighted by Gasteiger charge is 2.20. The summed E-state index contributed by atoms with van der Waals surface area (Å²) >= 11 is 5.79. The molecule has 0 radical (unpaired) electrons. The molecule has 0 aliphatic carbocycles. The SMILES string of the molecule is OC1=CNC=C2CCN(Cc3ccc(F)c(Cl)c3)C=C12. The normalized spacial score (nSPS) is 17.7. The lowest BCUT2D eigenvalue weighted by Crippen LogP contribution is -2.26. The van der Waals surface area contributed by atoms with Crippen molar-refractivity contribution in [2.45, 2.75) is 13.0 Å². The predicted molar refractivity (Wildman–Crippen MR) is 76.5 cm³/mol. The first-order chi connectivity index (χ1) is 9.63. The Morgan fingerprint density at radius 3 is 3.00 bits per heavy atom. The Labute approximate surface area is 121 Å². The predicted octanol–water partition coefficient (Wildman–Crippen LogP) is 3.46. The van der Waals surface area contributed by atoms with E-state index in [1.165, 1.54) is 6.07 Å². The molecular weight excluding hydrogens is 279 g/mol. The van der Waals surface area contributed by atoms with E-state index in [1.54, 1.807) is 18.3 Å². The molecule has 1 aromatic carbocycles. The van der Waals surface area contributed by atoms with Gasteiger partial charge in [-0.05, 0) is 29.7 Å². The number of nitrogens with one attached hydrogen (secondary N) is 1. The minimum atomic E-state index is -0.406. The van der Waals surface area contributed by atoms with Gasteiger partial charge in [-0.1, -0.05) is 17.7 Å². The monoisotopic (exact) mass is 292 g/mol.